The Morgan fingerprint density at radius 2 is 2.00 bits per heavy atom. The molecule has 0 saturated heterocycles. The zero-order valence-corrected chi connectivity index (χ0v) is 20.4. The lowest BCUT2D eigenvalue weighted by Gasteiger charge is -2.19. The van der Waals surface area contributed by atoms with Crippen molar-refractivity contribution in [3.05, 3.63) is 83.3 Å². The third-order valence-corrected chi connectivity index (χ3v) is 6.71. The SMILES string of the molecule is COc1ccc(C2=NN(C(=O)CSc3nnnn3-c3ccc(C)cc3C)[C@@H](c3ccco3)C2)cc1. The van der Waals surface area contributed by atoms with Gasteiger partial charge in [-0.2, -0.15) is 9.78 Å². The van der Waals surface area contributed by atoms with Gasteiger partial charge in [-0.15, -0.1) is 5.10 Å². The van der Waals surface area contributed by atoms with Crippen LogP contribution in [0.3, 0.4) is 0 Å². The molecule has 0 fully saturated rings. The van der Waals surface area contributed by atoms with E-state index in [9.17, 15) is 4.79 Å². The van der Waals surface area contributed by atoms with Crippen molar-refractivity contribution in [1.82, 2.24) is 25.2 Å². The molecule has 0 saturated carbocycles. The van der Waals surface area contributed by atoms with E-state index in [0.29, 0.717) is 17.3 Å². The predicted octanol–water partition coefficient (Wildman–Crippen LogP) is 4.35. The lowest BCUT2D eigenvalue weighted by molar-refractivity contribution is -0.130. The fourth-order valence-electron chi connectivity index (χ4n) is 4.06. The molecule has 1 aliphatic heterocycles. The van der Waals surface area contributed by atoms with Gasteiger partial charge in [-0.25, -0.2) is 5.01 Å². The lowest BCUT2D eigenvalue weighted by Crippen LogP contribution is -2.28. The predicted molar refractivity (Wildman–Crippen MR) is 132 cm³/mol. The van der Waals surface area contributed by atoms with Crippen molar-refractivity contribution in [2.24, 2.45) is 5.10 Å². The topological polar surface area (TPSA) is 98.6 Å². The van der Waals surface area contributed by atoms with Crippen molar-refractivity contribution >= 4 is 23.4 Å². The number of hydrogen-bond donors (Lipinski definition) is 0. The monoisotopic (exact) mass is 488 g/mol. The molecular weight excluding hydrogens is 464 g/mol. The largest absolute Gasteiger partial charge is 0.497 e. The van der Waals surface area contributed by atoms with Crippen molar-refractivity contribution < 1.29 is 13.9 Å². The molecule has 1 atom stereocenters. The van der Waals surface area contributed by atoms with Gasteiger partial charge < -0.3 is 9.15 Å². The second kappa shape index (κ2) is 9.75. The quantitative estimate of drug-likeness (QED) is 0.357. The summed E-state index contributed by atoms with van der Waals surface area (Å²) in [4.78, 5) is 13.3. The Bertz CT molecular complexity index is 1360. The Morgan fingerprint density at radius 1 is 1.17 bits per heavy atom. The molecule has 0 aliphatic carbocycles. The summed E-state index contributed by atoms with van der Waals surface area (Å²) >= 11 is 1.28. The summed E-state index contributed by atoms with van der Waals surface area (Å²) in [6.45, 7) is 4.05. The van der Waals surface area contributed by atoms with E-state index in [4.69, 9.17) is 9.15 Å². The second-order valence-electron chi connectivity index (χ2n) is 8.20. The van der Waals surface area contributed by atoms with Gasteiger partial charge >= 0.3 is 0 Å². The van der Waals surface area contributed by atoms with Gasteiger partial charge in [0.1, 0.15) is 17.6 Å². The molecule has 5 rings (SSSR count). The van der Waals surface area contributed by atoms with Gasteiger partial charge in [-0.05, 0) is 77.9 Å². The van der Waals surface area contributed by atoms with Gasteiger partial charge in [0.15, 0.2) is 0 Å². The maximum Gasteiger partial charge on any atom is 0.253 e. The van der Waals surface area contributed by atoms with E-state index in [1.54, 1.807) is 18.1 Å². The minimum absolute atomic E-state index is 0.127. The van der Waals surface area contributed by atoms with Gasteiger partial charge in [-0.3, -0.25) is 4.79 Å². The molecule has 10 heteroatoms. The number of benzene rings is 2. The maximum absolute atomic E-state index is 13.3. The van der Waals surface area contributed by atoms with Crippen LogP contribution in [0.15, 0.2) is 75.5 Å². The number of hydrazone groups is 1. The summed E-state index contributed by atoms with van der Waals surface area (Å²) in [5, 5.41) is 18.8. The van der Waals surface area contributed by atoms with E-state index in [1.807, 2.05) is 62.4 Å². The summed E-state index contributed by atoms with van der Waals surface area (Å²) in [5.74, 6) is 1.42. The van der Waals surface area contributed by atoms with Crippen LogP contribution in [0.1, 0.15) is 34.9 Å². The van der Waals surface area contributed by atoms with E-state index in [1.165, 1.54) is 16.8 Å². The molecular formula is C25H24N6O3S. The first-order valence-electron chi connectivity index (χ1n) is 11.1. The van der Waals surface area contributed by atoms with E-state index >= 15 is 0 Å². The van der Waals surface area contributed by atoms with Crippen LogP contribution in [0.5, 0.6) is 5.75 Å². The second-order valence-corrected chi connectivity index (χ2v) is 9.14. The highest BCUT2D eigenvalue weighted by Gasteiger charge is 2.35. The number of rotatable bonds is 7. The molecule has 0 unspecified atom stereocenters. The summed E-state index contributed by atoms with van der Waals surface area (Å²) in [6.07, 6.45) is 2.16. The van der Waals surface area contributed by atoms with Gasteiger partial charge in [-0.1, -0.05) is 29.5 Å². The first-order chi connectivity index (χ1) is 17.0. The van der Waals surface area contributed by atoms with Crippen LogP contribution in [-0.4, -0.2) is 49.7 Å². The number of thioether (sulfide) groups is 1. The smallest absolute Gasteiger partial charge is 0.253 e. The number of carbonyl (C=O) groups is 1. The van der Waals surface area contributed by atoms with Crippen LogP contribution >= 0.6 is 11.8 Å². The number of ether oxygens (including phenoxy) is 1. The van der Waals surface area contributed by atoms with Gasteiger partial charge in [0.25, 0.3) is 5.91 Å². The highest BCUT2D eigenvalue weighted by atomic mass is 32.2. The molecule has 1 amide bonds. The first-order valence-corrected chi connectivity index (χ1v) is 12.1. The number of nitrogens with zero attached hydrogens (tertiary/aromatic N) is 6. The lowest BCUT2D eigenvalue weighted by atomic mass is 10.0. The van der Waals surface area contributed by atoms with E-state index < -0.39 is 0 Å². The first kappa shape index (κ1) is 22.9. The molecule has 1 aliphatic rings. The summed E-state index contributed by atoms with van der Waals surface area (Å²) in [7, 11) is 1.63. The number of hydrogen-bond acceptors (Lipinski definition) is 8. The summed E-state index contributed by atoms with van der Waals surface area (Å²) in [5.41, 5.74) is 4.84. The molecule has 35 heavy (non-hydrogen) atoms. The van der Waals surface area contributed by atoms with Crippen LogP contribution < -0.4 is 4.74 Å². The highest BCUT2D eigenvalue weighted by molar-refractivity contribution is 7.99. The number of methoxy groups -OCH3 is 1. The molecule has 9 nitrogen and oxygen atoms in total. The average Bonchev–Trinajstić information content (AvgIpc) is 3.63. The Balaban J connectivity index is 1.36. The number of furan rings is 1. The Kier molecular flexibility index (Phi) is 6.37. The number of tetrazole rings is 1. The molecule has 0 bridgehead atoms. The molecule has 0 N–H and O–H groups in total. The van der Waals surface area contributed by atoms with Gasteiger partial charge in [0, 0.05) is 6.42 Å². The van der Waals surface area contributed by atoms with Crippen molar-refractivity contribution in [3.8, 4) is 11.4 Å². The number of aryl methyl sites for hydroxylation is 2. The van der Waals surface area contributed by atoms with E-state index in [2.05, 4.69) is 26.7 Å². The molecule has 3 heterocycles. The van der Waals surface area contributed by atoms with Gasteiger partial charge in [0.2, 0.25) is 5.16 Å². The van der Waals surface area contributed by atoms with Crippen LogP contribution in [0, 0.1) is 13.8 Å². The minimum atomic E-state index is -0.314. The number of carbonyl (C=O) groups excluding carboxylic acids is 1. The van der Waals surface area contributed by atoms with Crippen LogP contribution in [0.4, 0.5) is 0 Å². The average molecular weight is 489 g/mol. The van der Waals surface area contributed by atoms with Crippen LogP contribution in [0.2, 0.25) is 0 Å². The third-order valence-electron chi connectivity index (χ3n) is 5.81. The zero-order chi connectivity index (χ0) is 24.4. The standard InChI is InChI=1S/C25H24N6O3S/c1-16-6-11-21(17(2)13-16)31-25(26-28-29-31)35-15-24(32)30-22(23-5-4-12-34-23)14-20(27-30)18-7-9-19(33-3)10-8-18/h4-13,22H,14-15H2,1-3H3/t22-/m1/s1. The summed E-state index contributed by atoms with van der Waals surface area (Å²) in [6, 6.07) is 17.1. The normalized spacial score (nSPS) is 15.3. The molecule has 2 aromatic carbocycles. The van der Waals surface area contributed by atoms with Gasteiger partial charge in [0.05, 0.1) is 30.5 Å². The fraction of sp³-hybridized carbons (Fsp3) is 0.240. The molecule has 0 radical (unpaired) electrons. The summed E-state index contributed by atoms with van der Waals surface area (Å²) < 4.78 is 12.6. The molecule has 0 spiro atoms. The maximum atomic E-state index is 13.3. The van der Waals surface area contributed by atoms with Crippen LogP contribution in [-0.2, 0) is 4.79 Å². The van der Waals surface area contributed by atoms with E-state index in [0.717, 1.165) is 33.8 Å². The fourth-order valence-corrected chi connectivity index (χ4v) is 4.79. The molecule has 2 aromatic heterocycles. The van der Waals surface area contributed by atoms with Crippen molar-refractivity contribution in [1.29, 1.82) is 0 Å². The highest BCUT2D eigenvalue weighted by Crippen LogP contribution is 2.34. The third kappa shape index (κ3) is 4.69. The van der Waals surface area contributed by atoms with E-state index in [-0.39, 0.29) is 17.7 Å². The zero-order valence-electron chi connectivity index (χ0n) is 19.6. The van der Waals surface area contributed by atoms with Crippen LogP contribution in [0.25, 0.3) is 5.69 Å². The minimum Gasteiger partial charge on any atom is -0.497 e. The number of aromatic nitrogens is 4. The number of amides is 1. The van der Waals surface area contributed by atoms with Crippen molar-refractivity contribution in [2.75, 3.05) is 12.9 Å². The molecule has 4 aromatic rings. The Morgan fingerprint density at radius 3 is 2.71 bits per heavy atom. The van der Waals surface area contributed by atoms with Crippen molar-refractivity contribution in [2.45, 2.75) is 31.5 Å². The Hall–Kier alpha value is -3.92. The van der Waals surface area contributed by atoms with Crippen molar-refractivity contribution in [3.63, 3.8) is 0 Å². The Labute approximate surface area is 206 Å². The molecule has 178 valence electrons.